The lowest BCUT2D eigenvalue weighted by molar-refractivity contribution is 0.238. The van der Waals surface area contributed by atoms with E-state index in [-0.39, 0.29) is 0 Å². The number of ether oxygens (including phenoxy) is 1. The first kappa shape index (κ1) is 22.3. The maximum atomic E-state index is 5.90. The Morgan fingerprint density at radius 3 is 2.32 bits per heavy atom. The number of aromatic nitrogens is 3. The molecule has 34 heavy (non-hydrogen) atoms. The van der Waals surface area contributed by atoms with Crippen molar-refractivity contribution in [3.8, 4) is 16.9 Å². The lowest BCUT2D eigenvalue weighted by Gasteiger charge is -2.15. The van der Waals surface area contributed by atoms with E-state index in [0.717, 1.165) is 29.0 Å². The van der Waals surface area contributed by atoms with Crippen LogP contribution in [0.4, 0.5) is 11.6 Å². The van der Waals surface area contributed by atoms with Crippen molar-refractivity contribution < 1.29 is 4.74 Å². The molecule has 1 N–H and O–H groups in total. The van der Waals surface area contributed by atoms with E-state index in [4.69, 9.17) is 9.72 Å². The Morgan fingerprint density at radius 1 is 0.853 bits per heavy atom. The highest BCUT2D eigenvalue weighted by atomic mass is 16.5. The van der Waals surface area contributed by atoms with Crippen LogP contribution in [0.5, 0.6) is 5.75 Å². The van der Waals surface area contributed by atoms with E-state index in [9.17, 15) is 0 Å². The molecule has 1 aliphatic rings. The fourth-order valence-corrected chi connectivity index (χ4v) is 4.71. The van der Waals surface area contributed by atoms with E-state index in [1.54, 1.807) is 0 Å². The summed E-state index contributed by atoms with van der Waals surface area (Å²) in [6.45, 7) is 10.5. The Bertz CT molecular complexity index is 1280. The van der Waals surface area contributed by atoms with Crippen LogP contribution in [0.1, 0.15) is 29.5 Å². The molecule has 6 heteroatoms. The quantitative estimate of drug-likeness (QED) is 0.380. The van der Waals surface area contributed by atoms with E-state index in [2.05, 4.69) is 71.5 Å². The number of aryl methyl sites for hydroxylation is 3. The first-order valence-corrected chi connectivity index (χ1v) is 12.0. The number of hydrogen-bond acceptors (Lipinski definition) is 6. The first-order valence-electron chi connectivity index (χ1n) is 12.0. The fraction of sp³-hybridized carbons (Fsp3) is 0.321. The van der Waals surface area contributed by atoms with Gasteiger partial charge in [0.2, 0.25) is 5.95 Å². The third kappa shape index (κ3) is 4.87. The molecule has 0 bridgehead atoms. The van der Waals surface area contributed by atoms with Crippen LogP contribution in [0.3, 0.4) is 0 Å². The molecule has 0 radical (unpaired) electrons. The molecule has 1 aliphatic heterocycles. The topological polar surface area (TPSA) is 63.2 Å². The van der Waals surface area contributed by atoms with Gasteiger partial charge in [-0.15, -0.1) is 10.2 Å². The Balaban J connectivity index is 1.29. The highest BCUT2D eigenvalue weighted by Crippen LogP contribution is 2.32. The zero-order valence-corrected chi connectivity index (χ0v) is 20.1. The Kier molecular flexibility index (Phi) is 6.41. The number of fused-ring (bicyclic) bond motifs is 1. The predicted octanol–water partition coefficient (Wildman–Crippen LogP) is 5.84. The Hall–Kier alpha value is -3.51. The average Bonchev–Trinajstić information content (AvgIpc) is 3.34. The molecular weight excluding hydrogens is 422 g/mol. The van der Waals surface area contributed by atoms with E-state index >= 15 is 0 Å². The van der Waals surface area contributed by atoms with E-state index in [1.165, 1.54) is 53.7 Å². The molecule has 0 saturated carbocycles. The second-order valence-electron chi connectivity index (χ2n) is 9.10. The largest absolute Gasteiger partial charge is 0.492 e. The lowest BCUT2D eigenvalue weighted by Crippen LogP contribution is -2.25. The molecule has 0 unspecified atom stereocenters. The molecular formula is C28H31N5O. The number of nitrogens with one attached hydrogen (secondary N) is 1. The van der Waals surface area contributed by atoms with Gasteiger partial charge < -0.3 is 10.1 Å². The second kappa shape index (κ2) is 9.77. The third-order valence-electron chi connectivity index (χ3n) is 6.54. The Labute approximate surface area is 201 Å². The summed E-state index contributed by atoms with van der Waals surface area (Å²) in [5, 5.41) is 12.0. The van der Waals surface area contributed by atoms with Gasteiger partial charge in [0, 0.05) is 12.2 Å². The predicted molar refractivity (Wildman–Crippen MR) is 138 cm³/mol. The minimum Gasteiger partial charge on any atom is -0.492 e. The summed E-state index contributed by atoms with van der Waals surface area (Å²) < 4.78 is 5.90. The van der Waals surface area contributed by atoms with Gasteiger partial charge in [-0.2, -0.15) is 0 Å². The van der Waals surface area contributed by atoms with Crippen LogP contribution < -0.4 is 10.1 Å². The summed E-state index contributed by atoms with van der Waals surface area (Å²) >= 11 is 0. The van der Waals surface area contributed by atoms with Gasteiger partial charge in [-0.1, -0.05) is 18.2 Å². The molecule has 1 aromatic heterocycles. The number of hydrogen-bond donors (Lipinski definition) is 1. The highest BCUT2D eigenvalue weighted by Gasteiger charge is 2.13. The van der Waals surface area contributed by atoms with Crippen molar-refractivity contribution in [1.82, 2.24) is 20.1 Å². The van der Waals surface area contributed by atoms with Crippen molar-refractivity contribution in [1.29, 1.82) is 0 Å². The van der Waals surface area contributed by atoms with Gasteiger partial charge in [-0.25, -0.2) is 4.98 Å². The van der Waals surface area contributed by atoms with Crippen LogP contribution in [0.2, 0.25) is 0 Å². The third-order valence-corrected chi connectivity index (χ3v) is 6.54. The van der Waals surface area contributed by atoms with Crippen molar-refractivity contribution >= 4 is 22.7 Å². The maximum absolute atomic E-state index is 5.90. The van der Waals surface area contributed by atoms with Crippen molar-refractivity contribution in [3.63, 3.8) is 0 Å². The summed E-state index contributed by atoms with van der Waals surface area (Å²) in [4.78, 5) is 7.16. The van der Waals surface area contributed by atoms with Crippen molar-refractivity contribution in [2.24, 2.45) is 0 Å². The smallest absolute Gasteiger partial charge is 0.247 e. The van der Waals surface area contributed by atoms with Crippen LogP contribution in [0.25, 0.3) is 22.2 Å². The maximum Gasteiger partial charge on any atom is 0.247 e. The minimum atomic E-state index is 0.481. The minimum absolute atomic E-state index is 0.481. The van der Waals surface area contributed by atoms with Gasteiger partial charge in [-0.3, -0.25) is 4.90 Å². The van der Waals surface area contributed by atoms with Crippen LogP contribution in [0, 0.1) is 20.8 Å². The molecule has 4 aromatic rings. The number of anilines is 2. The lowest BCUT2D eigenvalue weighted by atomic mass is 9.92. The molecule has 2 heterocycles. The number of nitrogens with zero attached hydrogens (tertiary/aromatic N) is 4. The molecule has 1 fully saturated rings. The Morgan fingerprint density at radius 2 is 1.59 bits per heavy atom. The van der Waals surface area contributed by atoms with E-state index in [0.29, 0.717) is 12.6 Å². The number of rotatable bonds is 7. The van der Waals surface area contributed by atoms with Crippen LogP contribution in [-0.2, 0) is 0 Å². The molecule has 1 saturated heterocycles. The summed E-state index contributed by atoms with van der Waals surface area (Å²) in [6.07, 6.45) is 2.61. The normalized spacial score (nSPS) is 14.0. The van der Waals surface area contributed by atoms with Gasteiger partial charge in [0.1, 0.15) is 17.9 Å². The molecule has 0 amide bonds. The SMILES string of the molecule is Cc1cc2nc(Nc3ccc(OCCN4CCCC4)cc3)nnc2cc1-c1c(C)cccc1C. The number of benzene rings is 3. The zero-order valence-electron chi connectivity index (χ0n) is 20.1. The van der Waals surface area contributed by atoms with Crippen LogP contribution in [-0.4, -0.2) is 46.3 Å². The van der Waals surface area contributed by atoms with E-state index in [1.807, 2.05) is 24.3 Å². The molecule has 5 rings (SSSR count). The highest BCUT2D eigenvalue weighted by molar-refractivity contribution is 5.85. The zero-order chi connectivity index (χ0) is 23.5. The van der Waals surface area contributed by atoms with Crippen molar-refractivity contribution in [3.05, 3.63) is 71.3 Å². The van der Waals surface area contributed by atoms with Gasteiger partial charge in [-0.05, 0) is 111 Å². The summed E-state index contributed by atoms with van der Waals surface area (Å²) in [7, 11) is 0. The van der Waals surface area contributed by atoms with Gasteiger partial charge in [0.15, 0.2) is 0 Å². The van der Waals surface area contributed by atoms with E-state index < -0.39 is 0 Å². The van der Waals surface area contributed by atoms with Gasteiger partial charge in [0.25, 0.3) is 0 Å². The molecule has 6 nitrogen and oxygen atoms in total. The second-order valence-corrected chi connectivity index (χ2v) is 9.10. The summed E-state index contributed by atoms with van der Waals surface area (Å²) in [6, 6.07) is 18.5. The monoisotopic (exact) mass is 453 g/mol. The van der Waals surface area contributed by atoms with Crippen molar-refractivity contribution in [2.45, 2.75) is 33.6 Å². The summed E-state index contributed by atoms with van der Waals surface area (Å²) in [5.41, 5.74) is 8.63. The average molecular weight is 454 g/mol. The van der Waals surface area contributed by atoms with Gasteiger partial charge in [0.05, 0.1) is 5.52 Å². The van der Waals surface area contributed by atoms with Crippen molar-refractivity contribution in [2.75, 3.05) is 31.6 Å². The standard InChI is InChI=1S/C28H31N5O/c1-19-7-6-8-20(2)27(19)24-18-26-25(17-21(24)3)30-28(32-31-26)29-22-9-11-23(12-10-22)34-16-15-33-13-4-5-14-33/h6-12,17-18H,4-5,13-16H2,1-3H3,(H,29,30,32). The molecule has 0 atom stereocenters. The molecule has 0 spiro atoms. The molecule has 0 aliphatic carbocycles. The first-order chi connectivity index (χ1) is 16.6. The fourth-order valence-electron chi connectivity index (χ4n) is 4.71. The van der Waals surface area contributed by atoms with Gasteiger partial charge >= 0.3 is 0 Å². The summed E-state index contributed by atoms with van der Waals surface area (Å²) in [5.74, 6) is 1.35. The molecule has 3 aromatic carbocycles. The molecule has 174 valence electrons. The van der Waals surface area contributed by atoms with Crippen LogP contribution in [0.15, 0.2) is 54.6 Å². The van der Waals surface area contributed by atoms with Crippen LogP contribution >= 0.6 is 0 Å². The number of likely N-dealkylation sites (tertiary alicyclic amines) is 1.